The highest BCUT2D eigenvalue weighted by Gasteiger charge is 1.93. The van der Waals surface area contributed by atoms with Crippen molar-refractivity contribution in [3.05, 3.63) is 0 Å². The predicted octanol–water partition coefficient (Wildman–Crippen LogP) is 0.157. The van der Waals surface area contributed by atoms with Crippen molar-refractivity contribution in [1.29, 1.82) is 0 Å². The van der Waals surface area contributed by atoms with E-state index in [1.54, 1.807) is 0 Å². The molecule has 0 amide bonds. The predicted molar refractivity (Wildman–Crippen MR) is 27.1 cm³/mol. The molecule has 0 radical (unpaired) electrons. The van der Waals surface area contributed by atoms with Gasteiger partial charge in [0.1, 0.15) is 0 Å². The van der Waals surface area contributed by atoms with Crippen molar-refractivity contribution in [2.75, 3.05) is 19.1 Å². The third-order valence-electron chi connectivity index (χ3n) is 0.680. The van der Waals surface area contributed by atoms with Gasteiger partial charge in [0, 0.05) is 6.29 Å². The van der Waals surface area contributed by atoms with E-state index in [2.05, 4.69) is 5.48 Å². The van der Waals surface area contributed by atoms with Crippen molar-refractivity contribution in [1.82, 2.24) is 5.48 Å². The molecular weight excluding hydrogens is 97.0 g/mol. The molecule has 1 saturated heterocycles. The number of hydrogen-bond donors (Lipinski definition) is 1. The van der Waals surface area contributed by atoms with Crippen LogP contribution in [-0.4, -0.2) is 19.1 Å². The third kappa shape index (κ3) is 1.21. The Morgan fingerprint density at radius 1 is 1.67 bits per heavy atom. The topological polar surface area (TPSA) is 21.3 Å². The second-order valence-corrected chi connectivity index (χ2v) is 2.52. The quantitative estimate of drug-likeness (QED) is 0.443. The van der Waals surface area contributed by atoms with Gasteiger partial charge >= 0.3 is 0 Å². The molecule has 0 bridgehead atoms. The summed E-state index contributed by atoms with van der Waals surface area (Å²) in [5, 5.41) is 0. The fraction of sp³-hybridized carbons (Fsp3) is 1.00. The lowest BCUT2D eigenvalue weighted by Crippen LogP contribution is -2.19. The molecule has 0 aromatic carbocycles. The summed E-state index contributed by atoms with van der Waals surface area (Å²) in [5.74, 6) is 0. The zero-order valence-corrected chi connectivity index (χ0v) is 4.53. The number of nitrogens with one attached hydrogen (secondary N) is 1. The lowest BCUT2D eigenvalue weighted by atomic mass is 10.9. The van der Waals surface area contributed by atoms with Crippen LogP contribution in [0.15, 0.2) is 0 Å². The largest absolute Gasteiger partial charge is 0.301 e. The Kier molecular flexibility index (Phi) is 1.89. The molecule has 1 atom stereocenters. The van der Waals surface area contributed by atoms with Crippen LogP contribution in [0.5, 0.6) is 0 Å². The Labute approximate surface area is 39.0 Å². The normalized spacial score (nSPS) is 28.0. The first-order chi connectivity index (χ1) is 3.00. The molecule has 0 aliphatic carbocycles. The van der Waals surface area contributed by atoms with Crippen molar-refractivity contribution in [3.8, 4) is 0 Å². The van der Waals surface area contributed by atoms with Crippen LogP contribution in [0.3, 0.4) is 0 Å². The highest BCUT2D eigenvalue weighted by atomic mass is 31.1. The van der Waals surface area contributed by atoms with E-state index < -0.39 is 0 Å². The smallest absolute Gasteiger partial charge is 0.0719 e. The molecule has 1 aliphatic heterocycles. The molecule has 0 spiro atoms. The summed E-state index contributed by atoms with van der Waals surface area (Å²) in [4.78, 5) is 4.83. The molecule has 0 aromatic heterocycles. The molecular formula is C3H8NOP. The van der Waals surface area contributed by atoms with Crippen molar-refractivity contribution in [2.45, 2.75) is 0 Å². The third-order valence-corrected chi connectivity index (χ3v) is 1.63. The Morgan fingerprint density at radius 3 is 2.83 bits per heavy atom. The van der Waals surface area contributed by atoms with Gasteiger partial charge in [0.25, 0.3) is 0 Å². The van der Waals surface area contributed by atoms with Crippen molar-refractivity contribution >= 4 is 8.58 Å². The van der Waals surface area contributed by atoms with Gasteiger partial charge in [0.15, 0.2) is 0 Å². The second-order valence-electron chi connectivity index (χ2n) is 1.17. The zero-order chi connectivity index (χ0) is 4.24. The molecule has 1 unspecified atom stereocenters. The Balaban J connectivity index is 2.00. The lowest BCUT2D eigenvalue weighted by Gasteiger charge is -2.09. The van der Waals surface area contributed by atoms with Gasteiger partial charge in [0.05, 0.1) is 6.61 Å². The average molecular weight is 105 g/mol. The maximum atomic E-state index is 4.83. The Morgan fingerprint density at radius 2 is 2.67 bits per heavy atom. The molecule has 1 fully saturated rings. The van der Waals surface area contributed by atoms with Gasteiger partial charge in [0.2, 0.25) is 0 Å². The van der Waals surface area contributed by atoms with E-state index in [9.17, 15) is 0 Å². The summed E-state index contributed by atoms with van der Waals surface area (Å²) in [6.07, 6.45) is 2.30. The van der Waals surface area contributed by atoms with Crippen LogP contribution in [0.1, 0.15) is 0 Å². The highest BCUT2D eigenvalue weighted by Crippen LogP contribution is 2.08. The standard InChI is InChI=1S/C3H8NOP/c1-2-6-3-4-5-1/h4,6H,1-3H2. The Bertz CT molecular complexity index is 26.3. The molecule has 1 rings (SSSR count). The van der Waals surface area contributed by atoms with Crippen LogP contribution in [0.25, 0.3) is 0 Å². The van der Waals surface area contributed by atoms with Gasteiger partial charge in [-0.2, -0.15) is 5.48 Å². The number of hydrogen-bond acceptors (Lipinski definition) is 2. The molecule has 0 saturated carbocycles. The van der Waals surface area contributed by atoms with E-state index in [0.717, 1.165) is 21.5 Å². The fourth-order valence-electron chi connectivity index (χ4n) is 0.386. The first-order valence-corrected chi connectivity index (χ1v) is 3.47. The number of rotatable bonds is 0. The van der Waals surface area contributed by atoms with E-state index in [1.807, 2.05) is 0 Å². The Hall–Kier alpha value is 0.350. The minimum Gasteiger partial charge on any atom is -0.301 e. The molecule has 36 valence electrons. The summed E-state index contributed by atoms with van der Waals surface area (Å²) in [5.41, 5.74) is 2.80. The molecule has 2 nitrogen and oxygen atoms in total. The van der Waals surface area contributed by atoms with Crippen LogP contribution in [0, 0.1) is 0 Å². The van der Waals surface area contributed by atoms with Gasteiger partial charge in [-0.1, -0.05) is 0 Å². The number of hydroxylamine groups is 1. The maximum Gasteiger partial charge on any atom is 0.0719 e. The minimum absolute atomic E-state index is 0.901. The monoisotopic (exact) mass is 105 g/mol. The van der Waals surface area contributed by atoms with E-state index >= 15 is 0 Å². The lowest BCUT2D eigenvalue weighted by molar-refractivity contribution is 0.0587. The van der Waals surface area contributed by atoms with Gasteiger partial charge in [-0.3, -0.25) is 0 Å². The van der Waals surface area contributed by atoms with Gasteiger partial charge in [-0.15, -0.1) is 8.58 Å². The van der Waals surface area contributed by atoms with Crippen LogP contribution >= 0.6 is 8.58 Å². The van der Waals surface area contributed by atoms with Crippen LogP contribution < -0.4 is 5.48 Å². The molecule has 6 heavy (non-hydrogen) atoms. The van der Waals surface area contributed by atoms with Crippen LogP contribution in [0.4, 0.5) is 0 Å². The van der Waals surface area contributed by atoms with E-state index in [4.69, 9.17) is 4.84 Å². The van der Waals surface area contributed by atoms with Crippen molar-refractivity contribution in [2.24, 2.45) is 0 Å². The summed E-state index contributed by atoms with van der Waals surface area (Å²) in [6, 6.07) is 0. The average Bonchev–Trinajstić information content (AvgIpc) is 1.72. The van der Waals surface area contributed by atoms with E-state index in [-0.39, 0.29) is 0 Å². The van der Waals surface area contributed by atoms with Crippen LogP contribution in [-0.2, 0) is 4.84 Å². The van der Waals surface area contributed by atoms with Crippen LogP contribution in [0.2, 0.25) is 0 Å². The van der Waals surface area contributed by atoms with Crippen molar-refractivity contribution < 1.29 is 4.84 Å². The summed E-state index contributed by atoms with van der Waals surface area (Å²) in [7, 11) is 1.07. The van der Waals surface area contributed by atoms with Gasteiger partial charge in [-0.25, -0.2) is 0 Å². The van der Waals surface area contributed by atoms with E-state index in [0.29, 0.717) is 0 Å². The maximum absolute atomic E-state index is 4.83. The first kappa shape index (κ1) is 4.51. The van der Waals surface area contributed by atoms with Gasteiger partial charge < -0.3 is 4.84 Å². The minimum atomic E-state index is 0.901. The van der Waals surface area contributed by atoms with Crippen molar-refractivity contribution in [3.63, 3.8) is 0 Å². The molecule has 0 aromatic rings. The summed E-state index contributed by atoms with van der Waals surface area (Å²) in [6.45, 7) is 0.901. The second kappa shape index (κ2) is 2.51. The molecule has 1 aliphatic rings. The molecule has 3 heteroatoms. The molecule has 1 heterocycles. The summed E-state index contributed by atoms with van der Waals surface area (Å²) < 4.78 is 0. The molecule has 1 N–H and O–H groups in total. The zero-order valence-electron chi connectivity index (χ0n) is 3.53. The van der Waals surface area contributed by atoms with Gasteiger partial charge in [-0.05, 0) is 6.16 Å². The SMILES string of the molecule is C1CPCNO1. The van der Waals surface area contributed by atoms with E-state index in [1.165, 1.54) is 6.16 Å². The first-order valence-electron chi connectivity index (χ1n) is 2.05. The fourth-order valence-corrected chi connectivity index (χ4v) is 1.01. The highest BCUT2D eigenvalue weighted by molar-refractivity contribution is 7.37. The summed E-state index contributed by atoms with van der Waals surface area (Å²) >= 11 is 0.